The number of rotatable bonds is 4. The summed E-state index contributed by atoms with van der Waals surface area (Å²) in [5, 5.41) is 0.106. The predicted octanol–water partition coefficient (Wildman–Crippen LogP) is 0.479. The SMILES string of the molecule is Cn1cc(S(=O)(=O)N[C@H]2CCC[C@@H]2CN)nc1Cl. The van der Waals surface area contributed by atoms with E-state index < -0.39 is 10.0 Å². The van der Waals surface area contributed by atoms with Crippen molar-refractivity contribution in [1.29, 1.82) is 0 Å². The quantitative estimate of drug-likeness (QED) is 0.844. The lowest BCUT2D eigenvalue weighted by Gasteiger charge is -2.18. The van der Waals surface area contributed by atoms with Crippen molar-refractivity contribution < 1.29 is 8.42 Å². The summed E-state index contributed by atoms with van der Waals surface area (Å²) in [5.74, 6) is 0.207. The molecule has 1 aliphatic rings. The average molecular weight is 293 g/mol. The first kappa shape index (κ1) is 13.8. The minimum absolute atomic E-state index is 0.0438. The number of halogens is 1. The molecule has 0 aliphatic heterocycles. The molecule has 0 aromatic carbocycles. The number of hydrogen-bond acceptors (Lipinski definition) is 4. The molecule has 0 spiro atoms. The largest absolute Gasteiger partial charge is 0.330 e. The maximum Gasteiger partial charge on any atom is 0.259 e. The van der Waals surface area contributed by atoms with Gasteiger partial charge in [0.1, 0.15) is 0 Å². The van der Waals surface area contributed by atoms with Gasteiger partial charge in [-0.2, -0.15) is 0 Å². The van der Waals surface area contributed by atoms with E-state index >= 15 is 0 Å². The summed E-state index contributed by atoms with van der Waals surface area (Å²) in [6.07, 6.45) is 4.18. The zero-order valence-electron chi connectivity index (χ0n) is 10.1. The van der Waals surface area contributed by atoms with Crippen LogP contribution in [0.25, 0.3) is 0 Å². The molecule has 1 aliphatic carbocycles. The summed E-state index contributed by atoms with van der Waals surface area (Å²) >= 11 is 5.75. The minimum atomic E-state index is -3.61. The Kier molecular flexibility index (Phi) is 3.96. The standard InChI is InChI=1S/C10H17ClN4O2S/c1-15-6-9(13-10(15)11)18(16,17)14-8-4-2-3-7(8)5-12/h6-8,14H,2-5,12H2,1H3/t7-,8+/m1/s1. The highest BCUT2D eigenvalue weighted by Crippen LogP contribution is 2.26. The van der Waals surface area contributed by atoms with Gasteiger partial charge in [-0.05, 0) is 36.9 Å². The van der Waals surface area contributed by atoms with Crippen LogP contribution in [0.15, 0.2) is 11.2 Å². The van der Waals surface area contributed by atoms with E-state index in [4.69, 9.17) is 17.3 Å². The number of aryl methyl sites for hydroxylation is 1. The molecule has 2 atom stereocenters. The Morgan fingerprint density at radius 3 is 2.89 bits per heavy atom. The number of imidazole rings is 1. The zero-order valence-corrected chi connectivity index (χ0v) is 11.7. The molecular weight excluding hydrogens is 276 g/mol. The fraction of sp³-hybridized carbons (Fsp3) is 0.700. The van der Waals surface area contributed by atoms with E-state index in [2.05, 4.69) is 9.71 Å². The fourth-order valence-corrected chi connectivity index (χ4v) is 3.80. The van der Waals surface area contributed by atoms with E-state index in [1.54, 1.807) is 7.05 Å². The molecule has 6 nitrogen and oxygen atoms in total. The van der Waals surface area contributed by atoms with E-state index in [-0.39, 0.29) is 22.3 Å². The van der Waals surface area contributed by atoms with Gasteiger partial charge in [-0.1, -0.05) is 6.42 Å². The lowest BCUT2D eigenvalue weighted by molar-refractivity contribution is 0.452. The van der Waals surface area contributed by atoms with Crippen LogP contribution in [0.1, 0.15) is 19.3 Å². The molecule has 8 heteroatoms. The summed E-state index contributed by atoms with van der Waals surface area (Å²) in [6, 6.07) is -0.0965. The second kappa shape index (κ2) is 5.16. The fourth-order valence-electron chi connectivity index (χ4n) is 2.28. The predicted molar refractivity (Wildman–Crippen MR) is 68.7 cm³/mol. The van der Waals surface area contributed by atoms with Gasteiger partial charge >= 0.3 is 0 Å². The topological polar surface area (TPSA) is 90.0 Å². The Morgan fingerprint density at radius 2 is 2.33 bits per heavy atom. The number of hydrogen-bond donors (Lipinski definition) is 2. The molecule has 3 N–H and O–H groups in total. The van der Waals surface area contributed by atoms with Crippen molar-refractivity contribution in [3.63, 3.8) is 0 Å². The average Bonchev–Trinajstić information content (AvgIpc) is 2.86. The van der Waals surface area contributed by atoms with E-state index in [1.165, 1.54) is 10.8 Å². The third-order valence-electron chi connectivity index (χ3n) is 3.34. The normalized spacial score (nSPS) is 24.6. The molecular formula is C10H17ClN4O2S. The van der Waals surface area contributed by atoms with Gasteiger partial charge in [0.05, 0.1) is 0 Å². The molecule has 0 radical (unpaired) electrons. The van der Waals surface area contributed by atoms with Gasteiger partial charge < -0.3 is 10.3 Å². The van der Waals surface area contributed by atoms with Crippen molar-refractivity contribution >= 4 is 21.6 Å². The molecule has 1 heterocycles. The summed E-state index contributed by atoms with van der Waals surface area (Å²) in [6.45, 7) is 0.496. The minimum Gasteiger partial charge on any atom is -0.330 e. The molecule has 1 aromatic heterocycles. The number of sulfonamides is 1. The molecule has 1 saturated carbocycles. The lowest BCUT2D eigenvalue weighted by Crippen LogP contribution is -2.39. The molecule has 0 amide bonds. The zero-order chi connectivity index (χ0) is 13.3. The van der Waals surface area contributed by atoms with Crippen LogP contribution in [0.4, 0.5) is 0 Å². The van der Waals surface area contributed by atoms with Crippen molar-refractivity contribution in [2.24, 2.45) is 18.7 Å². The van der Waals surface area contributed by atoms with Crippen LogP contribution < -0.4 is 10.5 Å². The maximum absolute atomic E-state index is 12.1. The molecule has 0 bridgehead atoms. The van der Waals surface area contributed by atoms with E-state index in [0.29, 0.717) is 6.54 Å². The Labute approximate surface area is 112 Å². The van der Waals surface area contributed by atoms with E-state index in [0.717, 1.165) is 19.3 Å². The first-order valence-electron chi connectivity index (χ1n) is 5.85. The van der Waals surface area contributed by atoms with Gasteiger partial charge in [-0.15, -0.1) is 0 Å². The highest BCUT2D eigenvalue weighted by atomic mass is 35.5. The van der Waals surface area contributed by atoms with Crippen molar-refractivity contribution in [3.05, 3.63) is 11.5 Å². The summed E-state index contributed by atoms with van der Waals surface area (Å²) in [7, 11) is -1.96. The Balaban J connectivity index is 2.17. The first-order chi connectivity index (χ1) is 8.44. The van der Waals surface area contributed by atoms with Crippen molar-refractivity contribution in [3.8, 4) is 0 Å². The highest BCUT2D eigenvalue weighted by Gasteiger charge is 2.31. The van der Waals surface area contributed by atoms with Crippen molar-refractivity contribution in [2.45, 2.75) is 30.3 Å². The Bertz CT molecular complexity index is 508. The van der Waals surface area contributed by atoms with Gasteiger partial charge in [0, 0.05) is 19.3 Å². The first-order valence-corrected chi connectivity index (χ1v) is 7.71. The monoisotopic (exact) mass is 292 g/mol. The Morgan fingerprint density at radius 1 is 1.61 bits per heavy atom. The summed E-state index contributed by atoms with van der Waals surface area (Å²) in [4.78, 5) is 3.82. The van der Waals surface area contributed by atoms with Crippen molar-refractivity contribution in [1.82, 2.24) is 14.3 Å². The van der Waals surface area contributed by atoms with Crippen LogP contribution >= 0.6 is 11.6 Å². The molecule has 1 fully saturated rings. The molecule has 1 aromatic rings. The molecule has 2 rings (SSSR count). The maximum atomic E-state index is 12.1. The Hall–Kier alpha value is -0.630. The van der Waals surface area contributed by atoms with Crippen LogP contribution in [-0.4, -0.2) is 30.6 Å². The van der Waals surface area contributed by atoms with E-state index in [1.807, 2.05) is 0 Å². The smallest absolute Gasteiger partial charge is 0.259 e. The van der Waals surface area contributed by atoms with Gasteiger partial charge in [0.2, 0.25) is 5.28 Å². The third-order valence-corrected chi connectivity index (χ3v) is 5.05. The van der Waals surface area contributed by atoms with Crippen LogP contribution in [0, 0.1) is 5.92 Å². The third kappa shape index (κ3) is 2.69. The number of nitrogens with zero attached hydrogens (tertiary/aromatic N) is 2. The number of nitrogens with one attached hydrogen (secondary N) is 1. The summed E-state index contributed by atoms with van der Waals surface area (Å²) < 4.78 is 28.4. The number of aromatic nitrogens is 2. The molecule has 0 saturated heterocycles. The highest BCUT2D eigenvalue weighted by molar-refractivity contribution is 7.89. The second-order valence-electron chi connectivity index (χ2n) is 4.61. The number of nitrogens with two attached hydrogens (primary N) is 1. The van der Waals surface area contributed by atoms with Crippen LogP contribution in [-0.2, 0) is 17.1 Å². The summed E-state index contributed by atoms with van der Waals surface area (Å²) in [5.41, 5.74) is 5.63. The second-order valence-corrected chi connectivity index (χ2v) is 6.61. The van der Waals surface area contributed by atoms with Crippen LogP contribution in [0.5, 0.6) is 0 Å². The van der Waals surface area contributed by atoms with Crippen LogP contribution in [0.2, 0.25) is 5.28 Å². The van der Waals surface area contributed by atoms with Crippen molar-refractivity contribution in [2.75, 3.05) is 6.54 Å². The molecule has 0 unspecified atom stereocenters. The van der Waals surface area contributed by atoms with Crippen LogP contribution in [0.3, 0.4) is 0 Å². The molecule has 102 valence electrons. The van der Waals surface area contributed by atoms with Gasteiger partial charge in [0.15, 0.2) is 5.03 Å². The lowest BCUT2D eigenvalue weighted by atomic mass is 10.1. The van der Waals surface area contributed by atoms with Gasteiger partial charge in [0.25, 0.3) is 10.0 Å². The van der Waals surface area contributed by atoms with Gasteiger partial charge in [-0.25, -0.2) is 18.1 Å². The van der Waals surface area contributed by atoms with E-state index in [9.17, 15) is 8.42 Å². The molecule has 18 heavy (non-hydrogen) atoms. The van der Waals surface area contributed by atoms with Gasteiger partial charge in [-0.3, -0.25) is 0 Å².